The summed E-state index contributed by atoms with van der Waals surface area (Å²) in [5.41, 5.74) is 0. The van der Waals surface area contributed by atoms with Crippen molar-refractivity contribution in [3.8, 4) is 5.75 Å². The first-order chi connectivity index (χ1) is 12.5. The molecule has 2 aliphatic rings. The quantitative estimate of drug-likeness (QED) is 0.882. The molecule has 3 rings (SSSR count). The lowest BCUT2D eigenvalue weighted by Crippen LogP contribution is -2.53. The van der Waals surface area contributed by atoms with Gasteiger partial charge in [0.05, 0.1) is 19.8 Å². The van der Waals surface area contributed by atoms with E-state index in [0.29, 0.717) is 39.3 Å². The number of carbonyl (C=O) groups is 2. The van der Waals surface area contributed by atoms with Crippen LogP contribution in [0.5, 0.6) is 5.75 Å². The van der Waals surface area contributed by atoms with E-state index >= 15 is 0 Å². The lowest BCUT2D eigenvalue weighted by Gasteiger charge is -2.32. The van der Waals surface area contributed by atoms with Crippen LogP contribution < -0.4 is 10.1 Å². The molecule has 142 valence electrons. The number of amides is 3. The summed E-state index contributed by atoms with van der Waals surface area (Å²) in [6.45, 7) is 6.43. The average Bonchev–Trinajstić information content (AvgIpc) is 3.06. The summed E-state index contributed by atoms with van der Waals surface area (Å²) in [6.07, 6.45) is 0.293. The Hall–Kier alpha value is -2.28. The number of hydrogen-bond acceptors (Lipinski definition) is 4. The standard InChI is InChI=1S/C19H27N3O4/c1-14(2)20-19(24)22-13-16(26-15-6-4-3-5-7-15)12-17(22)18(23)21-8-10-25-11-9-21/h3-7,14,16-17H,8-13H2,1-2H3,(H,20,24)/t16-,17-/m0/s1. The minimum atomic E-state index is -0.499. The number of benzene rings is 1. The van der Waals surface area contributed by atoms with Crippen molar-refractivity contribution in [2.45, 2.75) is 38.5 Å². The molecule has 1 N–H and O–H groups in total. The summed E-state index contributed by atoms with van der Waals surface area (Å²) in [5, 5.41) is 2.89. The van der Waals surface area contributed by atoms with Crippen LogP contribution in [0.1, 0.15) is 20.3 Å². The molecule has 0 aromatic heterocycles. The zero-order valence-electron chi connectivity index (χ0n) is 15.4. The Morgan fingerprint density at radius 2 is 1.88 bits per heavy atom. The Balaban J connectivity index is 1.72. The fourth-order valence-corrected chi connectivity index (χ4v) is 3.36. The fourth-order valence-electron chi connectivity index (χ4n) is 3.36. The maximum atomic E-state index is 13.0. The highest BCUT2D eigenvalue weighted by atomic mass is 16.5. The van der Waals surface area contributed by atoms with Crippen LogP contribution >= 0.6 is 0 Å². The molecule has 26 heavy (non-hydrogen) atoms. The molecule has 0 radical (unpaired) electrons. The lowest BCUT2D eigenvalue weighted by atomic mass is 10.1. The third kappa shape index (κ3) is 4.46. The van der Waals surface area contributed by atoms with E-state index in [4.69, 9.17) is 9.47 Å². The third-order valence-corrected chi connectivity index (χ3v) is 4.59. The van der Waals surface area contributed by atoms with Gasteiger partial charge in [0.15, 0.2) is 0 Å². The molecule has 0 unspecified atom stereocenters. The van der Waals surface area contributed by atoms with E-state index in [1.54, 1.807) is 9.80 Å². The zero-order valence-corrected chi connectivity index (χ0v) is 15.4. The van der Waals surface area contributed by atoms with Gasteiger partial charge in [-0.05, 0) is 26.0 Å². The summed E-state index contributed by atoms with van der Waals surface area (Å²) >= 11 is 0. The molecule has 0 spiro atoms. The van der Waals surface area contributed by atoms with Gasteiger partial charge in [-0.1, -0.05) is 18.2 Å². The van der Waals surface area contributed by atoms with Gasteiger partial charge in [0, 0.05) is 25.6 Å². The SMILES string of the molecule is CC(C)NC(=O)N1C[C@@H](Oc2ccccc2)C[C@H]1C(=O)N1CCOCC1. The molecule has 3 amide bonds. The van der Waals surface area contributed by atoms with Crippen molar-refractivity contribution in [2.24, 2.45) is 0 Å². The second-order valence-corrected chi connectivity index (χ2v) is 7.00. The first kappa shape index (κ1) is 18.5. The van der Waals surface area contributed by atoms with Crippen LogP contribution in [0.2, 0.25) is 0 Å². The van der Waals surface area contributed by atoms with Gasteiger partial charge in [0.1, 0.15) is 17.9 Å². The van der Waals surface area contributed by atoms with Crippen LogP contribution in [-0.2, 0) is 9.53 Å². The summed E-state index contributed by atoms with van der Waals surface area (Å²) < 4.78 is 11.3. The second-order valence-electron chi connectivity index (χ2n) is 7.00. The molecule has 7 heteroatoms. The minimum Gasteiger partial charge on any atom is -0.488 e. The number of likely N-dealkylation sites (tertiary alicyclic amines) is 1. The molecular formula is C19H27N3O4. The molecule has 2 fully saturated rings. The van der Waals surface area contributed by atoms with Crippen molar-refractivity contribution in [3.63, 3.8) is 0 Å². The summed E-state index contributed by atoms with van der Waals surface area (Å²) in [4.78, 5) is 29.0. The Morgan fingerprint density at radius 1 is 1.19 bits per heavy atom. The molecule has 0 saturated carbocycles. The van der Waals surface area contributed by atoms with Crippen molar-refractivity contribution in [2.75, 3.05) is 32.8 Å². The highest BCUT2D eigenvalue weighted by Crippen LogP contribution is 2.25. The van der Waals surface area contributed by atoms with Gasteiger partial charge >= 0.3 is 6.03 Å². The number of para-hydroxylation sites is 1. The molecule has 0 bridgehead atoms. The molecule has 7 nitrogen and oxygen atoms in total. The summed E-state index contributed by atoms with van der Waals surface area (Å²) in [5.74, 6) is 0.729. The number of hydrogen-bond donors (Lipinski definition) is 1. The molecule has 2 aliphatic heterocycles. The maximum absolute atomic E-state index is 13.0. The highest BCUT2D eigenvalue weighted by molar-refractivity contribution is 5.88. The third-order valence-electron chi connectivity index (χ3n) is 4.59. The van der Waals surface area contributed by atoms with Gasteiger partial charge in [-0.3, -0.25) is 4.79 Å². The molecule has 1 aromatic carbocycles. The average molecular weight is 361 g/mol. The minimum absolute atomic E-state index is 0.00994. The van der Waals surface area contributed by atoms with Gasteiger partial charge in [-0.2, -0.15) is 0 Å². The number of morpholine rings is 1. The van der Waals surface area contributed by atoms with Crippen molar-refractivity contribution in [1.29, 1.82) is 0 Å². The largest absolute Gasteiger partial charge is 0.488 e. The predicted molar refractivity (Wildman–Crippen MR) is 97.0 cm³/mol. The molecular weight excluding hydrogens is 334 g/mol. The first-order valence-electron chi connectivity index (χ1n) is 9.20. The van der Waals surface area contributed by atoms with Gasteiger partial charge in [-0.25, -0.2) is 4.79 Å². The van der Waals surface area contributed by atoms with Crippen molar-refractivity contribution >= 4 is 11.9 Å². The van der Waals surface area contributed by atoms with Gasteiger partial charge in [-0.15, -0.1) is 0 Å². The maximum Gasteiger partial charge on any atom is 0.318 e. The Labute approximate surface area is 154 Å². The zero-order chi connectivity index (χ0) is 18.5. The predicted octanol–water partition coefficient (Wildman–Crippen LogP) is 1.49. The number of rotatable bonds is 4. The molecule has 2 heterocycles. The lowest BCUT2D eigenvalue weighted by molar-refractivity contribution is -0.139. The number of nitrogens with zero attached hydrogens (tertiary/aromatic N) is 2. The van der Waals surface area contributed by atoms with Crippen LogP contribution in [0.15, 0.2) is 30.3 Å². The smallest absolute Gasteiger partial charge is 0.318 e. The van der Waals surface area contributed by atoms with Crippen LogP contribution in [0.3, 0.4) is 0 Å². The van der Waals surface area contributed by atoms with E-state index in [2.05, 4.69) is 5.32 Å². The highest BCUT2D eigenvalue weighted by Gasteiger charge is 2.42. The topological polar surface area (TPSA) is 71.1 Å². The van der Waals surface area contributed by atoms with Crippen LogP contribution in [-0.4, -0.2) is 72.8 Å². The molecule has 1 aromatic rings. The normalized spacial score (nSPS) is 23.2. The van der Waals surface area contributed by atoms with E-state index in [9.17, 15) is 9.59 Å². The molecule has 2 saturated heterocycles. The number of urea groups is 1. The number of carbonyl (C=O) groups excluding carboxylic acids is 2. The number of ether oxygens (including phenoxy) is 2. The van der Waals surface area contributed by atoms with Gasteiger partial charge in [0.2, 0.25) is 5.91 Å². The molecule has 2 atom stereocenters. The Morgan fingerprint density at radius 3 is 2.54 bits per heavy atom. The van der Waals surface area contributed by atoms with Crippen molar-refractivity contribution < 1.29 is 19.1 Å². The molecule has 0 aliphatic carbocycles. The van der Waals surface area contributed by atoms with E-state index in [1.165, 1.54) is 0 Å². The number of nitrogens with one attached hydrogen (secondary N) is 1. The monoisotopic (exact) mass is 361 g/mol. The Bertz CT molecular complexity index is 616. The van der Waals surface area contributed by atoms with Crippen molar-refractivity contribution in [3.05, 3.63) is 30.3 Å². The van der Waals surface area contributed by atoms with Crippen molar-refractivity contribution in [1.82, 2.24) is 15.1 Å². The van der Waals surface area contributed by atoms with Crippen LogP contribution in [0.25, 0.3) is 0 Å². The van der Waals surface area contributed by atoms with E-state index in [0.717, 1.165) is 5.75 Å². The fraction of sp³-hybridized carbons (Fsp3) is 0.579. The summed E-state index contributed by atoms with van der Waals surface area (Å²) in [7, 11) is 0. The first-order valence-corrected chi connectivity index (χ1v) is 9.20. The Kier molecular flexibility index (Phi) is 5.98. The van der Waals surface area contributed by atoms with Gasteiger partial charge in [0.25, 0.3) is 0 Å². The van der Waals surface area contributed by atoms with E-state index < -0.39 is 6.04 Å². The van der Waals surface area contributed by atoms with Gasteiger partial charge < -0.3 is 24.6 Å². The second kappa shape index (κ2) is 8.40. The van der Waals surface area contributed by atoms with E-state index in [-0.39, 0.29) is 24.1 Å². The van der Waals surface area contributed by atoms with E-state index in [1.807, 2.05) is 44.2 Å². The van der Waals surface area contributed by atoms with Crippen LogP contribution in [0, 0.1) is 0 Å². The van der Waals surface area contributed by atoms with Crippen LogP contribution in [0.4, 0.5) is 4.79 Å². The summed E-state index contributed by atoms with van der Waals surface area (Å²) in [6, 6.07) is 8.80.